The largest absolute Gasteiger partial charge is 0.478 e. The van der Waals surface area contributed by atoms with Crippen molar-refractivity contribution in [3.63, 3.8) is 0 Å². The highest BCUT2D eigenvalue weighted by atomic mass is 19.1. The van der Waals surface area contributed by atoms with Gasteiger partial charge < -0.3 is 5.11 Å². The van der Waals surface area contributed by atoms with Gasteiger partial charge in [0, 0.05) is 23.2 Å². The maximum atomic E-state index is 15.6. The highest BCUT2D eigenvalue weighted by Gasteiger charge is 2.63. The van der Waals surface area contributed by atoms with Crippen LogP contribution in [0.25, 0.3) is 11.6 Å². The van der Waals surface area contributed by atoms with Crippen LogP contribution in [0.5, 0.6) is 0 Å². The summed E-state index contributed by atoms with van der Waals surface area (Å²) in [7, 11) is 0. The van der Waals surface area contributed by atoms with E-state index >= 15 is 8.78 Å². The van der Waals surface area contributed by atoms with Crippen LogP contribution >= 0.6 is 0 Å². The number of aliphatic carboxylic acids is 1. The zero-order valence-corrected chi connectivity index (χ0v) is 17.9. The summed E-state index contributed by atoms with van der Waals surface area (Å²) >= 11 is 0. The summed E-state index contributed by atoms with van der Waals surface area (Å²) in [5.74, 6) is -1.59. The topological polar surface area (TPSA) is 40.5 Å². The minimum absolute atomic E-state index is 0.0583. The Labute approximate surface area is 186 Å². The van der Waals surface area contributed by atoms with Gasteiger partial charge in [0.05, 0.1) is 6.04 Å². The summed E-state index contributed by atoms with van der Waals surface area (Å²) in [5, 5.41) is 8.86. The predicted octanol–water partition coefficient (Wildman–Crippen LogP) is 5.76. The molecule has 164 valence electrons. The van der Waals surface area contributed by atoms with Crippen molar-refractivity contribution in [3.8, 4) is 0 Å². The quantitative estimate of drug-likeness (QED) is 0.623. The molecular weight excluding hydrogens is 408 g/mol. The second kappa shape index (κ2) is 6.85. The molecule has 0 unspecified atom stereocenters. The van der Waals surface area contributed by atoms with Gasteiger partial charge >= 0.3 is 5.97 Å². The van der Waals surface area contributed by atoms with E-state index in [0.717, 1.165) is 49.7 Å². The van der Waals surface area contributed by atoms with Gasteiger partial charge in [-0.15, -0.1) is 0 Å². The highest BCUT2D eigenvalue weighted by Crippen LogP contribution is 2.65. The summed E-state index contributed by atoms with van der Waals surface area (Å²) < 4.78 is 31.1. The first kappa shape index (κ1) is 19.9. The van der Waals surface area contributed by atoms with E-state index in [1.54, 1.807) is 0 Å². The van der Waals surface area contributed by atoms with E-state index in [9.17, 15) is 4.79 Å². The van der Waals surface area contributed by atoms with Crippen LogP contribution in [-0.4, -0.2) is 27.6 Å². The lowest BCUT2D eigenvalue weighted by Crippen LogP contribution is -2.71. The Balaban J connectivity index is 1.50. The molecule has 3 nitrogen and oxygen atoms in total. The number of hydrogen-bond acceptors (Lipinski definition) is 2. The second-order valence-electron chi connectivity index (χ2n) is 9.97. The lowest BCUT2D eigenvalue weighted by Gasteiger charge is -2.70. The van der Waals surface area contributed by atoms with Crippen LogP contribution in [0.3, 0.4) is 0 Å². The molecule has 2 bridgehead atoms. The molecule has 0 aromatic heterocycles. The number of nitrogens with zero attached hydrogens (tertiary/aromatic N) is 1. The van der Waals surface area contributed by atoms with Crippen molar-refractivity contribution in [2.45, 2.75) is 56.7 Å². The van der Waals surface area contributed by atoms with Crippen LogP contribution in [-0.2, 0) is 11.2 Å². The maximum Gasteiger partial charge on any atom is 0.328 e. The molecule has 0 saturated heterocycles. The van der Waals surface area contributed by atoms with E-state index in [1.807, 2.05) is 12.1 Å². The van der Waals surface area contributed by atoms with Gasteiger partial charge in [0.15, 0.2) is 0 Å². The van der Waals surface area contributed by atoms with Gasteiger partial charge in [0.25, 0.3) is 0 Å². The van der Waals surface area contributed by atoms with E-state index in [0.29, 0.717) is 0 Å². The molecule has 0 amide bonds. The van der Waals surface area contributed by atoms with Crippen molar-refractivity contribution < 1.29 is 18.7 Å². The molecule has 2 aromatic rings. The van der Waals surface area contributed by atoms with Crippen molar-refractivity contribution in [1.82, 2.24) is 4.90 Å². The average Bonchev–Trinajstić information content (AvgIpc) is 3.04. The molecule has 2 aromatic carbocycles. The molecule has 5 heteroatoms. The minimum atomic E-state index is -1.15. The normalized spacial score (nSPS) is 30.7. The summed E-state index contributed by atoms with van der Waals surface area (Å²) in [6.45, 7) is 2.19. The number of benzene rings is 2. The van der Waals surface area contributed by atoms with Crippen LogP contribution in [0.2, 0.25) is 0 Å². The SMILES string of the molecule is C[C@@H]1CC2=C(Cc3ccccc32)[C@@H](c2c(F)cc(/C=C/C(=O)O)cc2F)N1C12CC(C1)C2. The first-order chi connectivity index (χ1) is 15.4. The van der Waals surface area contributed by atoms with E-state index < -0.39 is 23.6 Å². The molecule has 5 aliphatic rings. The van der Waals surface area contributed by atoms with Crippen molar-refractivity contribution in [2.75, 3.05) is 0 Å². The number of hydrogen-bond donors (Lipinski definition) is 1. The Morgan fingerprint density at radius 3 is 2.47 bits per heavy atom. The molecule has 1 N–H and O–H groups in total. The van der Waals surface area contributed by atoms with Gasteiger partial charge in [-0.3, -0.25) is 4.90 Å². The van der Waals surface area contributed by atoms with Crippen molar-refractivity contribution in [1.29, 1.82) is 0 Å². The highest BCUT2D eigenvalue weighted by molar-refractivity contribution is 5.85. The molecule has 3 fully saturated rings. The number of carboxylic acids is 1. The number of fused-ring (bicyclic) bond motifs is 2. The van der Waals surface area contributed by atoms with Gasteiger partial charge in [0.1, 0.15) is 11.6 Å². The maximum absolute atomic E-state index is 15.6. The van der Waals surface area contributed by atoms with Gasteiger partial charge in [-0.05, 0) is 91.0 Å². The lowest BCUT2D eigenvalue weighted by atomic mass is 9.48. The molecule has 7 rings (SSSR count). The molecule has 0 radical (unpaired) electrons. The third kappa shape index (κ3) is 2.77. The van der Waals surface area contributed by atoms with Crippen LogP contribution in [0.4, 0.5) is 8.78 Å². The third-order valence-electron chi connectivity index (χ3n) is 8.04. The predicted molar refractivity (Wildman–Crippen MR) is 119 cm³/mol. The molecule has 32 heavy (non-hydrogen) atoms. The van der Waals surface area contributed by atoms with Crippen LogP contribution in [0, 0.1) is 17.6 Å². The van der Waals surface area contributed by atoms with Crippen molar-refractivity contribution >= 4 is 17.6 Å². The fourth-order valence-electron chi connectivity index (χ4n) is 6.71. The van der Waals surface area contributed by atoms with Gasteiger partial charge in [-0.2, -0.15) is 0 Å². The van der Waals surface area contributed by atoms with E-state index in [4.69, 9.17) is 5.11 Å². The van der Waals surface area contributed by atoms with E-state index in [2.05, 4.69) is 24.0 Å². The fraction of sp³-hybridized carbons (Fsp3) is 0.370. The Morgan fingerprint density at radius 2 is 1.84 bits per heavy atom. The number of halogens is 2. The summed E-state index contributed by atoms with van der Waals surface area (Å²) in [4.78, 5) is 13.3. The standard InChI is InChI=1S/C27H25F2NO2/c1-15-8-20-19-5-3-2-4-18(19)11-21(20)26(30(15)27-12-17(13-27)14-27)25-22(28)9-16(10-23(25)29)6-7-24(31)32/h2-7,9-10,15,17,26H,8,11-14H2,1H3,(H,31,32)/b7-6+/t15-,17?,26+,27?/m1/s1. The molecule has 1 heterocycles. The Bertz CT molecular complexity index is 1170. The lowest BCUT2D eigenvalue weighted by molar-refractivity contribution is -0.173. The zero-order chi connectivity index (χ0) is 22.2. The van der Waals surface area contributed by atoms with E-state index in [1.165, 1.54) is 34.9 Å². The molecule has 0 spiro atoms. The number of carbonyl (C=O) groups is 1. The Kier molecular flexibility index (Phi) is 4.25. The Morgan fingerprint density at radius 1 is 1.16 bits per heavy atom. The van der Waals surface area contributed by atoms with Crippen LogP contribution in [0.1, 0.15) is 60.9 Å². The molecule has 2 atom stereocenters. The van der Waals surface area contributed by atoms with E-state index in [-0.39, 0.29) is 22.7 Å². The zero-order valence-electron chi connectivity index (χ0n) is 17.9. The monoisotopic (exact) mass is 433 g/mol. The average molecular weight is 433 g/mol. The fourth-order valence-corrected chi connectivity index (χ4v) is 6.71. The van der Waals surface area contributed by atoms with Crippen molar-refractivity contribution in [2.24, 2.45) is 5.92 Å². The molecule has 3 saturated carbocycles. The molecule has 4 aliphatic carbocycles. The van der Waals surface area contributed by atoms with Crippen molar-refractivity contribution in [3.05, 3.63) is 81.9 Å². The smallest absolute Gasteiger partial charge is 0.328 e. The minimum Gasteiger partial charge on any atom is -0.478 e. The summed E-state index contributed by atoms with van der Waals surface area (Å²) in [6, 6.07) is 10.6. The first-order valence-electron chi connectivity index (χ1n) is 11.3. The number of rotatable bonds is 4. The molecular formula is C27H25F2NO2. The summed E-state index contributed by atoms with van der Waals surface area (Å²) in [6.07, 6.45) is 7.11. The first-order valence-corrected chi connectivity index (χ1v) is 11.3. The third-order valence-corrected chi connectivity index (χ3v) is 8.04. The Hall–Kier alpha value is -2.79. The van der Waals surface area contributed by atoms with Gasteiger partial charge in [-0.25, -0.2) is 13.6 Å². The van der Waals surface area contributed by atoms with Crippen LogP contribution in [0.15, 0.2) is 48.0 Å². The second-order valence-corrected chi connectivity index (χ2v) is 9.97. The number of carboxylic acid groups (broad SMARTS) is 1. The summed E-state index contributed by atoms with van der Waals surface area (Å²) in [5.41, 5.74) is 5.21. The van der Waals surface area contributed by atoms with Gasteiger partial charge in [0.2, 0.25) is 0 Å². The van der Waals surface area contributed by atoms with Gasteiger partial charge in [-0.1, -0.05) is 24.3 Å². The van der Waals surface area contributed by atoms with Crippen LogP contribution < -0.4 is 0 Å². The molecule has 1 aliphatic heterocycles.